The molecule has 2 bridgehead atoms. The number of hydrogen-bond donors (Lipinski definition) is 1. The zero-order valence-electron chi connectivity index (χ0n) is 20.4. The summed E-state index contributed by atoms with van der Waals surface area (Å²) >= 11 is 0. The van der Waals surface area contributed by atoms with E-state index in [1.165, 1.54) is 17.6 Å². The molecule has 184 valence electrons. The molecule has 2 unspecified atom stereocenters. The summed E-state index contributed by atoms with van der Waals surface area (Å²) in [6.45, 7) is 6.56. The number of hydrazone groups is 1. The van der Waals surface area contributed by atoms with E-state index in [2.05, 4.69) is 31.3 Å². The van der Waals surface area contributed by atoms with Crippen LogP contribution in [0.2, 0.25) is 0 Å². The Morgan fingerprint density at radius 3 is 2.54 bits per heavy atom. The molecule has 3 aliphatic rings. The normalized spacial score (nSPS) is 27.5. The quantitative estimate of drug-likeness (QED) is 0.523. The third kappa shape index (κ3) is 3.94. The molecule has 0 saturated heterocycles. The van der Waals surface area contributed by atoms with Crippen molar-refractivity contribution < 1.29 is 23.5 Å². The lowest BCUT2D eigenvalue weighted by atomic mass is 9.70. The number of hydrogen-bond acceptors (Lipinski definition) is 6. The van der Waals surface area contributed by atoms with Gasteiger partial charge in [-0.3, -0.25) is 9.59 Å². The molecule has 8 heteroatoms. The van der Waals surface area contributed by atoms with E-state index >= 15 is 0 Å². The van der Waals surface area contributed by atoms with Crippen molar-refractivity contribution in [1.29, 1.82) is 0 Å². The fourth-order valence-electron chi connectivity index (χ4n) is 5.98. The van der Waals surface area contributed by atoms with E-state index < -0.39 is 30.4 Å². The highest BCUT2D eigenvalue weighted by atomic mass is 16.5. The zero-order chi connectivity index (χ0) is 24.8. The van der Waals surface area contributed by atoms with E-state index in [4.69, 9.17) is 9.15 Å². The highest BCUT2D eigenvalue weighted by Gasteiger charge is 2.60. The molecule has 2 amide bonds. The van der Waals surface area contributed by atoms with Crippen molar-refractivity contribution in [3.63, 3.8) is 0 Å². The van der Waals surface area contributed by atoms with Gasteiger partial charge in [-0.05, 0) is 53.9 Å². The van der Waals surface area contributed by atoms with Gasteiger partial charge in [-0.2, -0.15) is 5.10 Å². The second-order valence-corrected chi connectivity index (χ2v) is 10.6. The Bertz CT molecular complexity index is 1190. The number of carbonyl (C=O) groups is 3. The van der Waals surface area contributed by atoms with Crippen LogP contribution in [-0.4, -0.2) is 41.0 Å². The molecular weight excluding hydrogens is 446 g/mol. The third-order valence-electron chi connectivity index (χ3n) is 8.69. The van der Waals surface area contributed by atoms with E-state index in [1.807, 2.05) is 24.3 Å². The van der Waals surface area contributed by atoms with Crippen LogP contribution in [0.15, 0.2) is 52.2 Å². The number of benzene rings is 1. The van der Waals surface area contributed by atoms with Crippen molar-refractivity contribution in [1.82, 2.24) is 10.3 Å². The SMILES string of the molecule is CC12CCC(C/C1=N/NC(=O)COC(=O)[C@@H]1Cc3ccccc3CN1C(=O)c1ccco1)C2(C)C. The molecule has 1 aliphatic heterocycles. The topological polar surface area (TPSA) is 101 Å². The lowest BCUT2D eigenvalue weighted by Gasteiger charge is -2.35. The van der Waals surface area contributed by atoms with E-state index in [-0.39, 0.29) is 23.1 Å². The van der Waals surface area contributed by atoms with Crippen LogP contribution in [0.1, 0.15) is 61.7 Å². The Hall–Kier alpha value is -3.42. The van der Waals surface area contributed by atoms with Crippen LogP contribution in [0.3, 0.4) is 0 Å². The molecule has 1 N–H and O–H groups in total. The van der Waals surface area contributed by atoms with Crippen LogP contribution in [-0.2, 0) is 27.3 Å². The molecule has 2 aromatic rings. The second kappa shape index (κ2) is 8.66. The zero-order valence-corrected chi connectivity index (χ0v) is 20.4. The van der Waals surface area contributed by atoms with Crippen LogP contribution < -0.4 is 5.43 Å². The largest absolute Gasteiger partial charge is 0.459 e. The standard InChI is InChI=1S/C27H31N3O5/c1-26(2)19-10-11-27(26,3)22(14-19)28-29-23(31)16-35-25(33)20-13-17-7-4-5-8-18(17)15-30(20)24(32)21-9-6-12-34-21/h4-9,12,19-20H,10-11,13-16H2,1-3H3,(H,29,31)/b28-22-/t19?,20-,27?/m0/s1. The molecule has 1 aromatic heterocycles. The predicted molar refractivity (Wildman–Crippen MR) is 128 cm³/mol. The summed E-state index contributed by atoms with van der Waals surface area (Å²) in [5, 5.41) is 4.42. The highest BCUT2D eigenvalue weighted by molar-refractivity contribution is 5.96. The summed E-state index contributed by atoms with van der Waals surface area (Å²) in [6, 6.07) is 10.0. The van der Waals surface area contributed by atoms with Gasteiger partial charge in [-0.25, -0.2) is 10.2 Å². The van der Waals surface area contributed by atoms with Gasteiger partial charge in [0, 0.05) is 24.1 Å². The van der Waals surface area contributed by atoms with Gasteiger partial charge in [0.2, 0.25) is 0 Å². The van der Waals surface area contributed by atoms with Crippen LogP contribution in [0, 0.1) is 16.7 Å². The number of nitrogens with zero attached hydrogens (tertiary/aromatic N) is 2. The number of amides is 2. The lowest BCUT2D eigenvalue weighted by molar-refractivity contribution is -0.153. The van der Waals surface area contributed by atoms with Crippen LogP contribution in [0.5, 0.6) is 0 Å². The van der Waals surface area contributed by atoms with Crippen molar-refractivity contribution in [2.24, 2.45) is 21.8 Å². The minimum absolute atomic E-state index is 0.0240. The summed E-state index contributed by atoms with van der Waals surface area (Å²) in [7, 11) is 0. The molecule has 2 fully saturated rings. The lowest BCUT2D eigenvalue weighted by Crippen LogP contribution is -2.49. The van der Waals surface area contributed by atoms with E-state index in [0.29, 0.717) is 12.3 Å². The number of ether oxygens (including phenoxy) is 1. The molecule has 0 spiro atoms. The van der Waals surface area contributed by atoms with Gasteiger partial charge in [0.05, 0.1) is 6.26 Å². The number of furan rings is 1. The molecule has 8 nitrogen and oxygen atoms in total. The minimum Gasteiger partial charge on any atom is -0.459 e. The molecule has 5 rings (SSSR count). The molecule has 1 aromatic carbocycles. The maximum Gasteiger partial charge on any atom is 0.329 e. The van der Waals surface area contributed by atoms with E-state index in [1.54, 1.807) is 12.1 Å². The first-order chi connectivity index (χ1) is 16.7. The van der Waals surface area contributed by atoms with Gasteiger partial charge in [0.25, 0.3) is 11.8 Å². The Labute approximate surface area is 204 Å². The smallest absolute Gasteiger partial charge is 0.329 e. The summed E-state index contributed by atoms with van der Waals surface area (Å²) in [4.78, 5) is 40.0. The molecule has 3 atom stereocenters. The summed E-state index contributed by atoms with van der Waals surface area (Å²) < 4.78 is 10.6. The van der Waals surface area contributed by atoms with Crippen LogP contribution >= 0.6 is 0 Å². The first-order valence-corrected chi connectivity index (χ1v) is 12.1. The second-order valence-electron chi connectivity index (χ2n) is 10.6. The number of esters is 1. The maximum absolute atomic E-state index is 13.0. The minimum atomic E-state index is -0.855. The summed E-state index contributed by atoms with van der Waals surface area (Å²) in [5.74, 6) is -0.786. The summed E-state index contributed by atoms with van der Waals surface area (Å²) in [6.07, 6.45) is 4.86. The highest BCUT2D eigenvalue weighted by Crippen LogP contribution is 2.63. The maximum atomic E-state index is 13.0. The van der Waals surface area contributed by atoms with E-state index in [0.717, 1.165) is 29.7 Å². The number of fused-ring (bicyclic) bond motifs is 3. The Balaban J connectivity index is 1.24. The molecule has 35 heavy (non-hydrogen) atoms. The van der Waals surface area contributed by atoms with Gasteiger partial charge in [0.15, 0.2) is 12.4 Å². The number of nitrogens with one attached hydrogen (secondary N) is 1. The van der Waals surface area contributed by atoms with Crippen LogP contribution in [0.25, 0.3) is 0 Å². The van der Waals surface area contributed by atoms with Gasteiger partial charge >= 0.3 is 5.97 Å². The Morgan fingerprint density at radius 1 is 1.11 bits per heavy atom. The monoisotopic (exact) mass is 477 g/mol. The van der Waals surface area contributed by atoms with Crippen molar-refractivity contribution in [3.05, 3.63) is 59.5 Å². The average molecular weight is 478 g/mol. The van der Waals surface area contributed by atoms with Crippen molar-refractivity contribution >= 4 is 23.5 Å². The number of rotatable bonds is 5. The first kappa shape index (κ1) is 23.3. The summed E-state index contributed by atoms with van der Waals surface area (Å²) in [5.41, 5.74) is 5.66. The van der Waals surface area contributed by atoms with E-state index in [9.17, 15) is 14.4 Å². The van der Waals surface area contributed by atoms with Gasteiger partial charge in [-0.15, -0.1) is 0 Å². The molecule has 2 aliphatic carbocycles. The van der Waals surface area contributed by atoms with Crippen molar-refractivity contribution in [2.45, 2.75) is 59.0 Å². The number of carbonyl (C=O) groups excluding carboxylic acids is 3. The molecule has 0 radical (unpaired) electrons. The molecule has 2 saturated carbocycles. The fourth-order valence-corrected chi connectivity index (χ4v) is 5.98. The third-order valence-corrected chi connectivity index (χ3v) is 8.69. The molecular formula is C27H31N3O5. The van der Waals surface area contributed by atoms with Gasteiger partial charge < -0.3 is 14.1 Å². The fraction of sp³-hybridized carbons (Fsp3) is 0.481. The first-order valence-electron chi connectivity index (χ1n) is 12.1. The van der Waals surface area contributed by atoms with Gasteiger partial charge in [-0.1, -0.05) is 45.0 Å². The molecule has 2 heterocycles. The average Bonchev–Trinajstić information content (AvgIpc) is 3.51. The van der Waals surface area contributed by atoms with Crippen LogP contribution in [0.4, 0.5) is 0 Å². The van der Waals surface area contributed by atoms with Gasteiger partial charge in [0.1, 0.15) is 6.04 Å². The predicted octanol–water partition coefficient (Wildman–Crippen LogP) is 3.71. The Morgan fingerprint density at radius 2 is 1.89 bits per heavy atom. The van der Waals surface area contributed by atoms with Crippen molar-refractivity contribution in [2.75, 3.05) is 6.61 Å². The van der Waals surface area contributed by atoms with Crippen molar-refractivity contribution in [3.8, 4) is 0 Å². The Kier molecular flexibility index (Phi) is 5.77.